The van der Waals surface area contributed by atoms with Gasteiger partial charge in [-0.2, -0.15) is 4.99 Å². The molecule has 1 saturated heterocycles. The van der Waals surface area contributed by atoms with Crippen molar-refractivity contribution in [1.29, 1.82) is 0 Å². The van der Waals surface area contributed by atoms with Crippen LogP contribution >= 0.6 is 11.8 Å². The molecule has 2 heterocycles. The van der Waals surface area contributed by atoms with Gasteiger partial charge in [-0.3, -0.25) is 0 Å². The lowest BCUT2D eigenvalue weighted by Crippen LogP contribution is -2.25. The molecule has 0 spiro atoms. The van der Waals surface area contributed by atoms with Crippen molar-refractivity contribution in [3.63, 3.8) is 0 Å². The van der Waals surface area contributed by atoms with Crippen LogP contribution in [0.3, 0.4) is 0 Å². The predicted molar refractivity (Wildman–Crippen MR) is 168 cm³/mol. The van der Waals surface area contributed by atoms with Crippen molar-refractivity contribution in [3.8, 4) is 22.8 Å². The Morgan fingerprint density at radius 3 is 2.57 bits per heavy atom. The monoisotopic (exact) mass is 620 g/mol. The zero-order chi connectivity index (χ0) is 31.3. The lowest BCUT2D eigenvalue weighted by atomic mass is 10.0. The lowest BCUT2D eigenvalue weighted by Gasteiger charge is -2.21. The first-order valence-corrected chi connectivity index (χ1v) is 15.1. The van der Waals surface area contributed by atoms with Crippen molar-refractivity contribution in [2.45, 2.75) is 45.9 Å². The molecule has 1 atom stereocenters. The molecule has 1 unspecified atom stereocenters. The number of halogens is 3. The molecule has 0 bridgehead atoms. The van der Waals surface area contributed by atoms with E-state index < -0.39 is 12.4 Å². The minimum absolute atomic E-state index is 0.142. The van der Waals surface area contributed by atoms with E-state index in [0.717, 1.165) is 47.5 Å². The van der Waals surface area contributed by atoms with Crippen molar-refractivity contribution in [2.75, 3.05) is 17.2 Å². The first kappa shape index (κ1) is 31.0. The Labute approximate surface area is 257 Å². The van der Waals surface area contributed by atoms with E-state index in [1.165, 1.54) is 40.8 Å². The number of hydrogen-bond acceptors (Lipinski definition) is 5. The van der Waals surface area contributed by atoms with E-state index in [1.807, 2.05) is 31.2 Å². The molecule has 1 fully saturated rings. The predicted octanol–water partition coefficient (Wildman–Crippen LogP) is 8.00. The molecule has 44 heavy (non-hydrogen) atoms. The highest BCUT2D eigenvalue weighted by molar-refractivity contribution is 8.14. The van der Waals surface area contributed by atoms with Crippen LogP contribution in [0.15, 0.2) is 83.0 Å². The molecule has 2 amide bonds. The van der Waals surface area contributed by atoms with E-state index in [9.17, 15) is 18.0 Å². The van der Waals surface area contributed by atoms with Gasteiger partial charge in [0.1, 0.15) is 12.1 Å². The summed E-state index contributed by atoms with van der Waals surface area (Å²) in [6, 6.07) is 18.8. The number of anilines is 1. The number of aromatic nitrogens is 3. The number of urea groups is 1. The average molecular weight is 621 g/mol. The highest BCUT2D eigenvalue weighted by atomic mass is 32.2. The first-order valence-electron chi connectivity index (χ1n) is 14.1. The number of ether oxygens (including phenoxy) is 1. The van der Waals surface area contributed by atoms with Gasteiger partial charge in [0.25, 0.3) is 0 Å². The third-order valence-electron chi connectivity index (χ3n) is 6.95. The van der Waals surface area contributed by atoms with E-state index in [2.05, 4.69) is 61.8 Å². The van der Waals surface area contributed by atoms with E-state index in [4.69, 9.17) is 0 Å². The zero-order valence-electron chi connectivity index (χ0n) is 24.5. The Balaban J connectivity index is 1.22. The third-order valence-corrected chi connectivity index (χ3v) is 7.91. The van der Waals surface area contributed by atoms with Crippen LogP contribution in [0.5, 0.6) is 5.75 Å². The molecule has 1 aliphatic heterocycles. The summed E-state index contributed by atoms with van der Waals surface area (Å²) >= 11 is 1.56. The van der Waals surface area contributed by atoms with E-state index in [-0.39, 0.29) is 11.7 Å². The molecule has 1 aromatic heterocycles. The molecule has 12 heteroatoms. The standard InChI is InChI=1S/C32H31F3N6O2S/c1-4-5-24-7-6-21(2)18-28(24)40-16-17-44-31(40)38-30(42)36-19-22(3)23-8-10-25(11-9-23)29-37-20-41(39-29)26-12-14-27(15-13-26)43-32(33,34)35/h6-15,18-20,22H,4-5,16-17H2,1-3H3. The highest BCUT2D eigenvalue weighted by Gasteiger charge is 2.31. The number of hydrogen-bond donors (Lipinski definition) is 0. The van der Waals surface area contributed by atoms with Crippen molar-refractivity contribution in [3.05, 3.63) is 89.7 Å². The molecule has 5 rings (SSSR count). The van der Waals surface area contributed by atoms with Crippen molar-refractivity contribution >= 4 is 34.9 Å². The van der Waals surface area contributed by atoms with E-state index in [0.29, 0.717) is 16.7 Å². The van der Waals surface area contributed by atoms with Crippen LogP contribution in [-0.4, -0.2) is 50.8 Å². The van der Waals surface area contributed by atoms with Crippen LogP contribution in [0.2, 0.25) is 0 Å². The lowest BCUT2D eigenvalue weighted by molar-refractivity contribution is -0.274. The van der Waals surface area contributed by atoms with Gasteiger partial charge in [0.2, 0.25) is 0 Å². The SMILES string of the molecule is CCCc1ccc(C)cc1N1CCSC1=NC(=O)N=CC(C)c1ccc(-c2ncn(-c3ccc(OC(F)(F)F)cc3)n2)cc1. The quantitative estimate of drug-likeness (QED) is 0.186. The largest absolute Gasteiger partial charge is 0.573 e. The highest BCUT2D eigenvalue weighted by Crippen LogP contribution is 2.31. The summed E-state index contributed by atoms with van der Waals surface area (Å²) in [5, 5.41) is 5.11. The van der Waals surface area contributed by atoms with Crippen LogP contribution in [0.4, 0.5) is 23.7 Å². The Hall–Kier alpha value is -4.45. The van der Waals surface area contributed by atoms with Crippen molar-refractivity contribution < 1.29 is 22.7 Å². The maximum absolute atomic E-state index is 12.7. The number of carbonyl (C=O) groups excluding carboxylic acids is 1. The minimum Gasteiger partial charge on any atom is -0.406 e. The summed E-state index contributed by atoms with van der Waals surface area (Å²) in [7, 11) is 0. The fourth-order valence-corrected chi connectivity index (χ4v) is 5.70. The topological polar surface area (TPSA) is 85.0 Å². The van der Waals surface area contributed by atoms with Gasteiger partial charge in [0.15, 0.2) is 11.0 Å². The van der Waals surface area contributed by atoms with Crippen LogP contribution in [0.1, 0.15) is 42.9 Å². The summed E-state index contributed by atoms with van der Waals surface area (Å²) in [6.45, 7) is 6.95. The molecule has 1 aliphatic rings. The Morgan fingerprint density at radius 2 is 1.86 bits per heavy atom. The maximum Gasteiger partial charge on any atom is 0.573 e. The van der Waals surface area contributed by atoms with Crippen LogP contribution in [-0.2, 0) is 6.42 Å². The fraction of sp³-hybridized carbons (Fsp3) is 0.281. The molecule has 0 saturated carbocycles. The van der Waals surface area contributed by atoms with Gasteiger partial charge in [-0.25, -0.2) is 19.5 Å². The normalized spacial score (nSPS) is 15.3. The average Bonchev–Trinajstić information content (AvgIpc) is 3.67. The van der Waals surface area contributed by atoms with Crippen LogP contribution < -0.4 is 9.64 Å². The van der Waals surface area contributed by atoms with Gasteiger partial charge in [0, 0.05) is 35.7 Å². The summed E-state index contributed by atoms with van der Waals surface area (Å²) < 4.78 is 42.6. The fourth-order valence-electron chi connectivity index (χ4n) is 4.75. The molecular weight excluding hydrogens is 589 g/mol. The Bertz CT molecular complexity index is 1670. The van der Waals surface area contributed by atoms with Gasteiger partial charge in [-0.15, -0.1) is 18.3 Å². The second-order valence-electron chi connectivity index (χ2n) is 10.3. The molecule has 0 aliphatic carbocycles. The van der Waals surface area contributed by atoms with Crippen molar-refractivity contribution in [1.82, 2.24) is 14.8 Å². The van der Waals surface area contributed by atoms with Gasteiger partial charge >= 0.3 is 12.4 Å². The number of aliphatic imine (C=N–C) groups is 2. The number of thioether (sulfide) groups is 1. The number of nitrogens with zero attached hydrogens (tertiary/aromatic N) is 6. The Morgan fingerprint density at radius 1 is 1.11 bits per heavy atom. The number of amides is 2. The Kier molecular flexibility index (Phi) is 9.48. The summed E-state index contributed by atoms with van der Waals surface area (Å²) in [5.41, 5.74) is 5.75. The first-order chi connectivity index (χ1) is 21.1. The van der Waals surface area contributed by atoms with E-state index >= 15 is 0 Å². The summed E-state index contributed by atoms with van der Waals surface area (Å²) in [4.78, 5) is 27.6. The van der Waals surface area contributed by atoms with Gasteiger partial charge in [-0.1, -0.05) is 68.4 Å². The summed E-state index contributed by atoms with van der Waals surface area (Å²) in [5.74, 6) is 0.853. The van der Waals surface area contributed by atoms with Crippen molar-refractivity contribution in [2.24, 2.45) is 9.98 Å². The number of benzene rings is 3. The number of carbonyl (C=O) groups is 1. The maximum atomic E-state index is 12.7. The van der Waals surface area contributed by atoms with Crippen LogP contribution in [0.25, 0.3) is 17.1 Å². The number of alkyl halides is 3. The number of amidine groups is 1. The summed E-state index contributed by atoms with van der Waals surface area (Å²) in [6.07, 6.45) is 0.325. The third kappa shape index (κ3) is 7.73. The molecule has 3 aromatic carbocycles. The molecule has 4 aromatic rings. The number of rotatable bonds is 8. The van der Waals surface area contributed by atoms with Gasteiger partial charge in [0.05, 0.1) is 5.69 Å². The van der Waals surface area contributed by atoms with E-state index in [1.54, 1.807) is 18.0 Å². The molecule has 228 valence electrons. The second kappa shape index (κ2) is 13.5. The number of aryl methyl sites for hydroxylation is 2. The second-order valence-corrected chi connectivity index (χ2v) is 11.4. The minimum atomic E-state index is -4.75. The molecule has 0 N–H and O–H groups in total. The van der Waals surface area contributed by atoms with Gasteiger partial charge in [-0.05, 0) is 60.4 Å². The molecule has 8 nitrogen and oxygen atoms in total. The van der Waals surface area contributed by atoms with Crippen LogP contribution in [0, 0.1) is 6.92 Å². The smallest absolute Gasteiger partial charge is 0.406 e. The zero-order valence-corrected chi connectivity index (χ0v) is 25.3. The van der Waals surface area contributed by atoms with Gasteiger partial charge < -0.3 is 9.64 Å². The molecule has 0 radical (unpaired) electrons. The molecular formula is C32H31F3N6O2S.